The second-order valence-corrected chi connectivity index (χ2v) is 4.13. The van der Waals surface area contributed by atoms with Gasteiger partial charge in [-0.05, 0) is 24.6 Å². The Morgan fingerprint density at radius 1 is 1.53 bits per heavy atom. The van der Waals surface area contributed by atoms with Crippen LogP contribution in [0.3, 0.4) is 0 Å². The Kier molecular flexibility index (Phi) is 5.05. The molecule has 0 aromatic heterocycles. The van der Waals surface area contributed by atoms with E-state index in [2.05, 4.69) is 21.2 Å². The molecule has 0 aliphatic rings. The zero-order valence-electron chi connectivity index (χ0n) is 7.90. The first-order valence-corrected chi connectivity index (χ1v) is 5.94. The lowest BCUT2D eigenvalue weighted by molar-refractivity contribution is 0.0953. The summed E-state index contributed by atoms with van der Waals surface area (Å²) in [6.07, 6.45) is 0.835. The second kappa shape index (κ2) is 6.08. The van der Waals surface area contributed by atoms with E-state index in [-0.39, 0.29) is 16.5 Å². The van der Waals surface area contributed by atoms with Gasteiger partial charge in [0.15, 0.2) is 0 Å². The van der Waals surface area contributed by atoms with E-state index >= 15 is 0 Å². The number of carbonyl (C=O) groups is 1. The number of hydrogen-bond donors (Lipinski definition) is 1. The third-order valence-electron chi connectivity index (χ3n) is 1.78. The van der Waals surface area contributed by atoms with Crippen molar-refractivity contribution >= 4 is 33.4 Å². The highest BCUT2D eigenvalue weighted by molar-refractivity contribution is 9.09. The molecule has 5 heteroatoms. The van der Waals surface area contributed by atoms with Crippen molar-refractivity contribution in [3.8, 4) is 0 Å². The van der Waals surface area contributed by atoms with Gasteiger partial charge in [0, 0.05) is 17.4 Å². The maximum Gasteiger partial charge on any atom is 0.251 e. The molecule has 1 aromatic carbocycles. The zero-order valence-corrected chi connectivity index (χ0v) is 10.2. The summed E-state index contributed by atoms with van der Waals surface area (Å²) in [5.74, 6) is -0.865. The van der Waals surface area contributed by atoms with Gasteiger partial charge >= 0.3 is 0 Å². The summed E-state index contributed by atoms with van der Waals surface area (Å²) in [5, 5.41) is 3.51. The van der Waals surface area contributed by atoms with E-state index in [4.69, 9.17) is 11.6 Å². The van der Waals surface area contributed by atoms with Crippen molar-refractivity contribution in [2.45, 2.75) is 6.42 Å². The first kappa shape index (κ1) is 12.5. The number of rotatable bonds is 4. The van der Waals surface area contributed by atoms with Crippen molar-refractivity contribution in [1.29, 1.82) is 0 Å². The molecule has 0 heterocycles. The maximum atomic E-state index is 13.0. The molecule has 0 unspecified atom stereocenters. The van der Waals surface area contributed by atoms with E-state index < -0.39 is 5.82 Å². The predicted octanol–water partition coefficient (Wildman–Crippen LogP) is 2.99. The molecular weight excluding hydrogens is 284 g/mol. The van der Waals surface area contributed by atoms with Crippen LogP contribution in [0.4, 0.5) is 4.39 Å². The number of hydrogen-bond acceptors (Lipinski definition) is 1. The molecule has 1 aromatic rings. The Bertz CT molecular complexity index is 359. The number of alkyl halides is 1. The SMILES string of the molecule is O=C(NCCCBr)c1ccc(Cl)c(F)c1. The largest absolute Gasteiger partial charge is 0.352 e. The van der Waals surface area contributed by atoms with E-state index in [1.165, 1.54) is 12.1 Å². The summed E-state index contributed by atoms with van der Waals surface area (Å²) in [6, 6.07) is 4.00. The zero-order chi connectivity index (χ0) is 11.3. The molecule has 0 aliphatic carbocycles. The van der Waals surface area contributed by atoms with Gasteiger partial charge in [-0.25, -0.2) is 4.39 Å². The molecule has 2 nitrogen and oxygen atoms in total. The molecule has 0 atom stereocenters. The first-order chi connectivity index (χ1) is 7.15. The summed E-state index contributed by atoms with van der Waals surface area (Å²) >= 11 is 8.75. The molecule has 0 fully saturated rings. The summed E-state index contributed by atoms with van der Waals surface area (Å²) in [4.78, 5) is 11.4. The molecule has 0 saturated heterocycles. The highest BCUT2D eigenvalue weighted by Crippen LogP contribution is 2.15. The van der Waals surface area contributed by atoms with Crippen molar-refractivity contribution in [2.75, 3.05) is 11.9 Å². The average molecular weight is 295 g/mol. The van der Waals surface area contributed by atoms with Crippen LogP contribution in [0.2, 0.25) is 5.02 Å². The first-order valence-electron chi connectivity index (χ1n) is 4.44. The van der Waals surface area contributed by atoms with Gasteiger partial charge in [-0.2, -0.15) is 0 Å². The molecular formula is C10H10BrClFNO. The van der Waals surface area contributed by atoms with E-state index in [1.54, 1.807) is 0 Å². The minimum absolute atomic E-state index is 0.0204. The highest BCUT2D eigenvalue weighted by atomic mass is 79.9. The predicted molar refractivity (Wildman–Crippen MR) is 62.2 cm³/mol. The van der Waals surface area contributed by atoms with Gasteiger partial charge < -0.3 is 5.32 Å². The van der Waals surface area contributed by atoms with Gasteiger partial charge in [0.2, 0.25) is 0 Å². The van der Waals surface area contributed by atoms with Gasteiger partial charge in [-0.15, -0.1) is 0 Å². The summed E-state index contributed by atoms with van der Waals surface area (Å²) in [7, 11) is 0. The van der Waals surface area contributed by atoms with Gasteiger partial charge in [0.1, 0.15) is 5.82 Å². The van der Waals surface area contributed by atoms with Crippen LogP contribution in [0.25, 0.3) is 0 Å². The molecule has 0 aliphatic heterocycles. The van der Waals surface area contributed by atoms with Crippen LogP contribution in [0, 0.1) is 5.82 Å². The highest BCUT2D eigenvalue weighted by Gasteiger charge is 2.07. The molecule has 1 amide bonds. The molecule has 1 rings (SSSR count). The molecule has 82 valence electrons. The lowest BCUT2D eigenvalue weighted by Gasteiger charge is -2.04. The van der Waals surface area contributed by atoms with Crippen molar-refractivity contribution in [3.63, 3.8) is 0 Å². The number of carbonyl (C=O) groups excluding carboxylic acids is 1. The van der Waals surface area contributed by atoms with E-state index in [1.807, 2.05) is 0 Å². The Morgan fingerprint density at radius 2 is 2.27 bits per heavy atom. The smallest absolute Gasteiger partial charge is 0.251 e. The minimum Gasteiger partial charge on any atom is -0.352 e. The van der Waals surface area contributed by atoms with Crippen LogP contribution in [0.5, 0.6) is 0 Å². The molecule has 1 N–H and O–H groups in total. The Labute approximate surface area is 101 Å². The lowest BCUT2D eigenvalue weighted by atomic mass is 10.2. The summed E-state index contributed by atoms with van der Waals surface area (Å²) in [5.41, 5.74) is 0.284. The third kappa shape index (κ3) is 3.80. The number of benzene rings is 1. The fourth-order valence-corrected chi connectivity index (χ4v) is 1.41. The maximum absolute atomic E-state index is 13.0. The van der Waals surface area contributed by atoms with Crippen LogP contribution in [-0.2, 0) is 0 Å². The van der Waals surface area contributed by atoms with Crippen molar-refractivity contribution in [2.24, 2.45) is 0 Å². The standard InChI is InChI=1S/C10H10BrClFNO/c11-4-1-5-14-10(15)7-2-3-8(12)9(13)6-7/h2-3,6H,1,4-5H2,(H,14,15). The van der Waals surface area contributed by atoms with Crippen molar-refractivity contribution in [1.82, 2.24) is 5.32 Å². The Morgan fingerprint density at radius 3 is 2.87 bits per heavy atom. The van der Waals surface area contributed by atoms with Crippen LogP contribution in [0.1, 0.15) is 16.8 Å². The van der Waals surface area contributed by atoms with Crippen LogP contribution >= 0.6 is 27.5 Å². The Hall–Kier alpha value is -0.610. The van der Waals surface area contributed by atoms with Crippen LogP contribution in [0.15, 0.2) is 18.2 Å². The van der Waals surface area contributed by atoms with Crippen LogP contribution in [-0.4, -0.2) is 17.8 Å². The van der Waals surface area contributed by atoms with E-state index in [0.717, 1.165) is 17.8 Å². The second-order valence-electron chi connectivity index (χ2n) is 2.93. The van der Waals surface area contributed by atoms with Gasteiger partial charge in [-0.1, -0.05) is 27.5 Å². The number of amides is 1. The molecule has 0 bridgehead atoms. The lowest BCUT2D eigenvalue weighted by Crippen LogP contribution is -2.24. The van der Waals surface area contributed by atoms with Gasteiger partial charge in [0.05, 0.1) is 5.02 Å². The van der Waals surface area contributed by atoms with Gasteiger partial charge in [-0.3, -0.25) is 4.79 Å². The molecule has 0 saturated carbocycles. The normalized spacial score (nSPS) is 10.1. The fraction of sp³-hybridized carbons (Fsp3) is 0.300. The van der Waals surface area contributed by atoms with E-state index in [0.29, 0.717) is 6.54 Å². The molecule has 15 heavy (non-hydrogen) atoms. The fourth-order valence-electron chi connectivity index (χ4n) is 1.01. The topological polar surface area (TPSA) is 29.1 Å². The Balaban J connectivity index is 2.62. The van der Waals surface area contributed by atoms with Crippen LogP contribution < -0.4 is 5.32 Å². The monoisotopic (exact) mass is 293 g/mol. The average Bonchev–Trinajstić information content (AvgIpc) is 2.22. The molecule has 0 radical (unpaired) electrons. The minimum atomic E-state index is -0.579. The van der Waals surface area contributed by atoms with Gasteiger partial charge in [0.25, 0.3) is 5.91 Å². The molecule has 0 spiro atoms. The number of halogens is 3. The summed E-state index contributed by atoms with van der Waals surface area (Å²) < 4.78 is 13.0. The summed E-state index contributed by atoms with van der Waals surface area (Å²) in [6.45, 7) is 0.564. The third-order valence-corrected chi connectivity index (χ3v) is 2.65. The van der Waals surface area contributed by atoms with Crippen molar-refractivity contribution < 1.29 is 9.18 Å². The van der Waals surface area contributed by atoms with E-state index in [9.17, 15) is 9.18 Å². The quantitative estimate of drug-likeness (QED) is 0.671. The van der Waals surface area contributed by atoms with Crippen molar-refractivity contribution in [3.05, 3.63) is 34.6 Å². The number of nitrogens with one attached hydrogen (secondary N) is 1.